The zero-order valence-electron chi connectivity index (χ0n) is 18.2. The Balaban J connectivity index is 1.47. The van der Waals surface area contributed by atoms with Crippen LogP contribution in [0.1, 0.15) is 28.4 Å². The SMILES string of the molecule is C=CC(=O)N1CCC(c2c[nH]n3c(C(N)=O)c(-c4ccc(Oc5ccccc5F)cc4)nc23)C1. The van der Waals surface area contributed by atoms with Crippen LogP contribution in [0.25, 0.3) is 16.9 Å². The van der Waals surface area contributed by atoms with E-state index in [-0.39, 0.29) is 23.3 Å². The summed E-state index contributed by atoms with van der Waals surface area (Å²) in [4.78, 5) is 30.8. The van der Waals surface area contributed by atoms with Gasteiger partial charge in [0.25, 0.3) is 5.91 Å². The molecule has 1 unspecified atom stereocenters. The van der Waals surface area contributed by atoms with Crippen molar-refractivity contribution in [3.05, 3.63) is 84.5 Å². The number of aromatic amines is 1. The van der Waals surface area contributed by atoms with Crippen LogP contribution < -0.4 is 10.5 Å². The molecule has 1 saturated heterocycles. The van der Waals surface area contributed by atoms with Gasteiger partial charge in [-0.2, -0.15) is 0 Å². The third kappa shape index (κ3) is 3.71. The molecular weight excluding hydrogens is 437 g/mol. The van der Waals surface area contributed by atoms with Crippen LogP contribution in [0, 0.1) is 5.82 Å². The molecule has 172 valence electrons. The summed E-state index contributed by atoms with van der Waals surface area (Å²) >= 11 is 0. The Hall–Kier alpha value is -4.40. The van der Waals surface area contributed by atoms with Crippen molar-refractivity contribution in [1.82, 2.24) is 19.5 Å². The second-order valence-electron chi connectivity index (χ2n) is 8.09. The number of ether oxygens (including phenoxy) is 1. The lowest BCUT2D eigenvalue weighted by molar-refractivity contribution is -0.125. The van der Waals surface area contributed by atoms with E-state index in [1.807, 2.05) is 0 Å². The van der Waals surface area contributed by atoms with Crippen molar-refractivity contribution in [2.24, 2.45) is 5.73 Å². The lowest BCUT2D eigenvalue weighted by atomic mass is 10.0. The zero-order valence-corrected chi connectivity index (χ0v) is 18.2. The molecule has 0 saturated carbocycles. The maximum absolute atomic E-state index is 13.9. The Labute approximate surface area is 194 Å². The predicted molar refractivity (Wildman–Crippen MR) is 124 cm³/mol. The molecule has 0 spiro atoms. The maximum atomic E-state index is 13.9. The number of primary amides is 1. The number of carbonyl (C=O) groups is 2. The van der Waals surface area contributed by atoms with E-state index in [1.165, 1.54) is 12.1 Å². The first-order valence-electron chi connectivity index (χ1n) is 10.8. The van der Waals surface area contributed by atoms with Gasteiger partial charge >= 0.3 is 0 Å². The van der Waals surface area contributed by atoms with Gasteiger partial charge in [0.05, 0.1) is 0 Å². The summed E-state index contributed by atoms with van der Waals surface area (Å²) in [5, 5.41) is 3.08. The van der Waals surface area contributed by atoms with Crippen molar-refractivity contribution in [2.75, 3.05) is 13.1 Å². The van der Waals surface area contributed by atoms with Gasteiger partial charge in [0.1, 0.15) is 11.4 Å². The van der Waals surface area contributed by atoms with Crippen LogP contribution in [0.15, 0.2) is 67.4 Å². The predicted octanol–water partition coefficient (Wildman–Crippen LogP) is 3.86. The van der Waals surface area contributed by atoms with Gasteiger partial charge in [-0.05, 0) is 48.9 Å². The standard InChI is InChI=1S/C25H22FN5O3/c1-2-21(32)30-12-11-16(14-30)18-13-28-31-23(24(27)33)22(29-25(18)31)15-7-9-17(10-8-15)34-20-6-4-3-5-19(20)26/h2-10,13,16,28H,1,11-12,14H2,(H2,27,33). The van der Waals surface area contributed by atoms with Gasteiger partial charge in [-0.15, -0.1) is 0 Å². The molecule has 0 bridgehead atoms. The lowest BCUT2D eigenvalue weighted by Crippen LogP contribution is -2.26. The van der Waals surface area contributed by atoms with Gasteiger partial charge in [0, 0.05) is 36.3 Å². The van der Waals surface area contributed by atoms with Crippen molar-refractivity contribution in [3.8, 4) is 22.8 Å². The van der Waals surface area contributed by atoms with E-state index >= 15 is 0 Å². The van der Waals surface area contributed by atoms with Crippen molar-refractivity contribution in [3.63, 3.8) is 0 Å². The van der Waals surface area contributed by atoms with E-state index in [0.29, 0.717) is 35.7 Å². The molecule has 5 rings (SSSR count). The number of benzene rings is 2. The summed E-state index contributed by atoms with van der Waals surface area (Å²) in [6.07, 6.45) is 3.90. The van der Waals surface area contributed by atoms with Gasteiger partial charge in [0.15, 0.2) is 22.9 Å². The first-order chi connectivity index (χ1) is 16.5. The van der Waals surface area contributed by atoms with E-state index in [4.69, 9.17) is 15.5 Å². The Morgan fingerprint density at radius 3 is 2.68 bits per heavy atom. The molecule has 9 heteroatoms. The van der Waals surface area contributed by atoms with Crippen molar-refractivity contribution in [2.45, 2.75) is 12.3 Å². The molecule has 2 aromatic carbocycles. The second kappa shape index (κ2) is 8.51. The quantitative estimate of drug-likeness (QED) is 0.427. The van der Waals surface area contributed by atoms with E-state index < -0.39 is 11.7 Å². The average Bonchev–Trinajstić information content (AvgIpc) is 3.55. The normalized spacial score (nSPS) is 15.6. The number of nitrogens with two attached hydrogens (primary N) is 1. The number of hydrogen-bond donors (Lipinski definition) is 2. The summed E-state index contributed by atoms with van der Waals surface area (Å²) in [7, 11) is 0. The highest BCUT2D eigenvalue weighted by atomic mass is 19.1. The molecule has 0 radical (unpaired) electrons. The van der Waals surface area contributed by atoms with Crippen molar-refractivity contribution >= 4 is 17.5 Å². The summed E-state index contributed by atoms with van der Waals surface area (Å²) in [6.45, 7) is 4.73. The number of hydrogen-bond acceptors (Lipinski definition) is 4. The molecule has 1 aliphatic heterocycles. The van der Waals surface area contributed by atoms with Crippen LogP contribution in [0.3, 0.4) is 0 Å². The number of imidazole rings is 1. The van der Waals surface area contributed by atoms with E-state index in [9.17, 15) is 14.0 Å². The molecule has 1 atom stereocenters. The van der Waals surface area contributed by atoms with Gasteiger partial charge in [-0.25, -0.2) is 13.9 Å². The van der Waals surface area contributed by atoms with Gasteiger partial charge in [0.2, 0.25) is 5.91 Å². The summed E-state index contributed by atoms with van der Waals surface area (Å²) in [6, 6.07) is 13.0. The number of rotatable bonds is 6. The molecule has 4 aromatic rings. The first-order valence-corrected chi connectivity index (χ1v) is 10.8. The Bertz CT molecular complexity index is 1410. The number of H-pyrrole nitrogens is 1. The van der Waals surface area contributed by atoms with Gasteiger partial charge < -0.3 is 15.4 Å². The monoisotopic (exact) mass is 459 g/mol. The Morgan fingerprint density at radius 1 is 1.21 bits per heavy atom. The number of carbonyl (C=O) groups excluding carboxylic acids is 2. The highest BCUT2D eigenvalue weighted by molar-refractivity contribution is 5.98. The maximum Gasteiger partial charge on any atom is 0.269 e. The molecular formula is C25H22FN5O3. The Kier molecular flexibility index (Phi) is 5.37. The minimum atomic E-state index is -0.627. The van der Waals surface area contributed by atoms with E-state index in [0.717, 1.165) is 12.0 Å². The van der Waals surface area contributed by atoms with Crippen molar-refractivity contribution < 1.29 is 18.7 Å². The zero-order chi connectivity index (χ0) is 23.8. The number of likely N-dealkylation sites (tertiary alicyclic amines) is 1. The van der Waals surface area contributed by atoms with Crippen LogP contribution in [-0.4, -0.2) is 44.4 Å². The van der Waals surface area contributed by atoms with Gasteiger partial charge in [-0.3, -0.25) is 14.7 Å². The minimum absolute atomic E-state index is 0.0742. The largest absolute Gasteiger partial charge is 0.454 e. The highest BCUT2D eigenvalue weighted by Gasteiger charge is 2.30. The van der Waals surface area contributed by atoms with Gasteiger partial charge in [-0.1, -0.05) is 18.7 Å². The topological polar surface area (TPSA) is 106 Å². The fourth-order valence-corrected chi connectivity index (χ4v) is 4.35. The second-order valence-corrected chi connectivity index (χ2v) is 8.09. The number of amides is 2. The fraction of sp³-hybridized carbons (Fsp3) is 0.160. The molecule has 34 heavy (non-hydrogen) atoms. The number of para-hydroxylation sites is 1. The molecule has 8 nitrogen and oxygen atoms in total. The number of nitrogens with zero attached hydrogens (tertiary/aromatic N) is 3. The minimum Gasteiger partial charge on any atom is -0.454 e. The number of nitrogens with one attached hydrogen (secondary N) is 1. The summed E-state index contributed by atoms with van der Waals surface area (Å²) in [5.41, 5.74) is 8.51. The third-order valence-corrected chi connectivity index (χ3v) is 6.02. The smallest absolute Gasteiger partial charge is 0.269 e. The molecule has 2 amide bonds. The number of halogens is 1. The highest BCUT2D eigenvalue weighted by Crippen LogP contribution is 2.34. The molecule has 3 heterocycles. The molecule has 1 fully saturated rings. The summed E-state index contributed by atoms with van der Waals surface area (Å²) in [5.74, 6) is -0.554. The van der Waals surface area contributed by atoms with E-state index in [2.05, 4.69) is 11.7 Å². The van der Waals surface area contributed by atoms with Crippen LogP contribution in [-0.2, 0) is 4.79 Å². The van der Waals surface area contributed by atoms with Crippen LogP contribution in [0.2, 0.25) is 0 Å². The molecule has 0 aliphatic carbocycles. The van der Waals surface area contributed by atoms with E-state index in [1.54, 1.807) is 58.1 Å². The lowest BCUT2D eigenvalue weighted by Gasteiger charge is -2.13. The fourth-order valence-electron chi connectivity index (χ4n) is 4.35. The number of aromatic nitrogens is 3. The first kappa shape index (κ1) is 21.4. The average molecular weight is 459 g/mol. The third-order valence-electron chi connectivity index (χ3n) is 6.02. The molecule has 1 aliphatic rings. The summed E-state index contributed by atoms with van der Waals surface area (Å²) < 4.78 is 21.1. The van der Waals surface area contributed by atoms with Crippen LogP contribution >= 0.6 is 0 Å². The number of fused-ring (bicyclic) bond motifs is 1. The van der Waals surface area contributed by atoms with Crippen LogP contribution in [0.5, 0.6) is 11.5 Å². The van der Waals surface area contributed by atoms with Crippen molar-refractivity contribution in [1.29, 1.82) is 0 Å². The molecule has 2 aromatic heterocycles. The molecule has 3 N–H and O–H groups in total. The Morgan fingerprint density at radius 2 is 1.97 bits per heavy atom. The van der Waals surface area contributed by atoms with Crippen LogP contribution in [0.4, 0.5) is 4.39 Å².